The number of H-pyrrole nitrogens is 1. The number of aromatic amines is 1. The Morgan fingerprint density at radius 2 is 1.68 bits per heavy atom. The van der Waals surface area contributed by atoms with Crippen molar-refractivity contribution in [3.63, 3.8) is 0 Å². The van der Waals surface area contributed by atoms with Gasteiger partial charge in [0.25, 0.3) is 5.56 Å². The first kappa shape index (κ1) is 20.6. The summed E-state index contributed by atoms with van der Waals surface area (Å²) in [6.45, 7) is 1.06. The topological polar surface area (TPSA) is 174 Å². The Hall–Kier alpha value is -3.66. The molecule has 2 aromatic carbocycles. The van der Waals surface area contributed by atoms with Crippen molar-refractivity contribution in [1.82, 2.24) is 5.16 Å². The average Bonchev–Trinajstić information content (AvgIpc) is 3.10. The second-order valence-electron chi connectivity index (χ2n) is 5.56. The van der Waals surface area contributed by atoms with E-state index in [-0.39, 0.29) is 5.56 Å². The molecular formula is C18H24N6O4. The van der Waals surface area contributed by atoms with Gasteiger partial charge in [0.1, 0.15) is 5.69 Å². The van der Waals surface area contributed by atoms with Gasteiger partial charge in [0.2, 0.25) is 0 Å². The van der Waals surface area contributed by atoms with E-state index in [0.29, 0.717) is 64.4 Å². The van der Waals surface area contributed by atoms with Crippen molar-refractivity contribution in [2.24, 2.45) is 5.73 Å². The minimum atomic E-state index is -0.317. The van der Waals surface area contributed by atoms with Crippen molar-refractivity contribution in [1.29, 1.82) is 0 Å². The quantitative estimate of drug-likeness (QED) is 0.197. The molecule has 1 aromatic heterocycles. The van der Waals surface area contributed by atoms with Crippen LogP contribution < -0.4 is 38.1 Å². The first-order valence-corrected chi connectivity index (χ1v) is 8.43. The van der Waals surface area contributed by atoms with Crippen LogP contribution >= 0.6 is 0 Å². The number of fused-ring (bicyclic) bond motifs is 1. The largest absolute Gasteiger partial charge is 0.494 e. The summed E-state index contributed by atoms with van der Waals surface area (Å²) in [6.07, 6.45) is 0.693. The van der Waals surface area contributed by atoms with Gasteiger partial charge in [-0.15, -0.1) is 0 Å². The fourth-order valence-electron chi connectivity index (χ4n) is 2.68. The van der Waals surface area contributed by atoms with Crippen molar-refractivity contribution in [3.05, 3.63) is 40.2 Å². The molecule has 3 rings (SSSR count). The van der Waals surface area contributed by atoms with Crippen molar-refractivity contribution >= 4 is 40.0 Å². The number of carbonyl (C=O) groups excluding carboxylic acids is 1. The summed E-state index contributed by atoms with van der Waals surface area (Å²) in [5, 5.41) is 8.99. The molecule has 0 saturated heterocycles. The Kier molecular flexibility index (Phi) is 6.88. The second kappa shape index (κ2) is 9.33. The lowest BCUT2D eigenvalue weighted by Gasteiger charge is -2.15. The molecule has 28 heavy (non-hydrogen) atoms. The summed E-state index contributed by atoms with van der Waals surface area (Å²) in [7, 11) is 2.96. The highest BCUT2D eigenvalue weighted by Crippen LogP contribution is 2.32. The van der Waals surface area contributed by atoms with E-state index in [4.69, 9.17) is 20.7 Å². The fourth-order valence-corrected chi connectivity index (χ4v) is 2.68. The Balaban J connectivity index is 0.00000136. The van der Waals surface area contributed by atoms with Gasteiger partial charge in [-0.2, -0.15) is 5.16 Å². The maximum absolute atomic E-state index is 11.5. The Labute approximate surface area is 161 Å². The molecule has 0 saturated carbocycles. The first-order valence-electron chi connectivity index (χ1n) is 8.43. The number of nitrogen functional groups attached to an aromatic ring is 2. The van der Waals surface area contributed by atoms with E-state index in [2.05, 4.69) is 21.5 Å². The molecule has 9 N–H and O–H groups in total. The lowest BCUT2D eigenvalue weighted by atomic mass is 10.1. The van der Waals surface area contributed by atoms with Gasteiger partial charge in [-0.3, -0.25) is 9.59 Å². The van der Waals surface area contributed by atoms with Gasteiger partial charge < -0.3 is 37.1 Å². The minimum absolute atomic E-state index is 0.317. The highest BCUT2D eigenvalue weighted by molar-refractivity contribution is 5.94. The number of methoxy groups -OCH3 is 1. The maximum Gasteiger partial charge on any atom is 0.287 e. The van der Waals surface area contributed by atoms with Crippen LogP contribution in [0.5, 0.6) is 5.75 Å². The second-order valence-corrected chi connectivity index (χ2v) is 5.56. The monoisotopic (exact) mass is 388 g/mol. The molecule has 0 bridgehead atoms. The molecule has 0 unspecified atom stereocenters. The summed E-state index contributed by atoms with van der Waals surface area (Å²) in [4.78, 5) is 22.5. The molecule has 0 spiro atoms. The SMILES string of the molecule is CN.COc1c(C=O)ccc(NCCNc2ccc3c(=O)[nH]oc3c2N)c1N. The number of benzene rings is 2. The normalized spacial score (nSPS) is 10.1. The van der Waals surface area contributed by atoms with Crippen LogP contribution in [-0.2, 0) is 0 Å². The highest BCUT2D eigenvalue weighted by atomic mass is 16.5. The number of aromatic nitrogens is 1. The van der Waals surface area contributed by atoms with E-state index in [9.17, 15) is 9.59 Å². The number of ether oxygens (including phenoxy) is 1. The number of rotatable bonds is 7. The van der Waals surface area contributed by atoms with E-state index in [1.165, 1.54) is 14.2 Å². The van der Waals surface area contributed by atoms with Crippen LogP contribution in [-0.4, -0.2) is 38.7 Å². The average molecular weight is 388 g/mol. The molecule has 0 atom stereocenters. The third-order valence-electron chi connectivity index (χ3n) is 4.00. The predicted octanol–water partition coefficient (Wildman–Crippen LogP) is 1.21. The molecule has 1 heterocycles. The van der Waals surface area contributed by atoms with Crippen molar-refractivity contribution in [3.8, 4) is 5.75 Å². The van der Waals surface area contributed by atoms with Gasteiger partial charge in [0, 0.05) is 13.1 Å². The summed E-state index contributed by atoms with van der Waals surface area (Å²) >= 11 is 0. The summed E-state index contributed by atoms with van der Waals surface area (Å²) in [5.74, 6) is 0.343. The van der Waals surface area contributed by atoms with Crippen LogP contribution in [0.4, 0.5) is 22.7 Å². The number of hydrogen-bond acceptors (Lipinski definition) is 9. The molecule has 3 aromatic rings. The zero-order chi connectivity index (χ0) is 20.7. The molecule has 0 aliphatic heterocycles. The van der Waals surface area contributed by atoms with Crippen molar-refractivity contribution in [2.75, 3.05) is 49.3 Å². The smallest absolute Gasteiger partial charge is 0.287 e. The molecule has 0 radical (unpaired) electrons. The molecule has 0 amide bonds. The lowest BCUT2D eigenvalue weighted by molar-refractivity contribution is 0.112. The van der Waals surface area contributed by atoms with Gasteiger partial charge in [0.05, 0.1) is 35.1 Å². The van der Waals surface area contributed by atoms with E-state index in [1.54, 1.807) is 24.3 Å². The zero-order valence-electron chi connectivity index (χ0n) is 15.7. The Morgan fingerprint density at radius 3 is 2.29 bits per heavy atom. The molecular weight excluding hydrogens is 364 g/mol. The van der Waals surface area contributed by atoms with E-state index < -0.39 is 0 Å². The fraction of sp³-hybridized carbons (Fsp3) is 0.222. The van der Waals surface area contributed by atoms with Gasteiger partial charge in [-0.05, 0) is 31.3 Å². The molecule has 0 fully saturated rings. The van der Waals surface area contributed by atoms with Crippen LogP contribution in [0.15, 0.2) is 33.6 Å². The Morgan fingerprint density at radius 1 is 1.07 bits per heavy atom. The van der Waals surface area contributed by atoms with Crippen LogP contribution in [0.1, 0.15) is 10.4 Å². The first-order chi connectivity index (χ1) is 13.6. The van der Waals surface area contributed by atoms with E-state index in [1.807, 2.05) is 0 Å². The van der Waals surface area contributed by atoms with Crippen LogP contribution in [0.2, 0.25) is 0 Å². The third kappa shape index (κ3) is 4.01. The van der Waals surface area contributed by atoms with E-state index >= 15 is 0 Å². The summed E-state index contributed by atoms with van der Waals surface area (Å²) in [5.41, 5.74) is 19.0. The molecule has 150 valence electrons. The van der Waals surface area contributed by atoms with Gasteiger partial charge >= 0.3 is 0 Å². The van der Waals surface area contributed by atoms with Gasteiger partial charge in [0.15, 0.2) is 17.6 Å². The predicted molar refractivity (Wildman–Crippen MR) is 111 cm³/mol. The number of nitrogens with two attached hydrogens (primary N) is 3. The highest BCUT2D eigenvalue weighted by Gasteiger charge is 2.12. The van der Waals surface area contributed by atoms with Crippen LogP contribution in [0.3, 0.4) is 0 Å². The number of hydrogen-bond donors (Lipinski definition) is 6. The molecule has 10 heteroatoms. The van der Waals surface area contributed by atoms with Gasteiger partial charge in [-0.25, -0.2) is 0 Å². The Bertz CT molecular complexity index is 1010. The standard InChI is InChI=1S/C17H19N5O4.CH5N/c1-25-15-9(8-23)2-4-11(13(15)18)20-6-7-21-12-5-3-10-16(14(12)19)26-22-17(10)24;1-2/h2-5,8,20-21H,6-7,18-19H2,1H3,(H,22,24);2H2,1H3. The molecule has 10 nitrogen and oxygen atoms in total. The molecule has 0 aliphatic carbocycles. The van der Waals surface area contributed by atoms with E-state index in [0.717, 1.165) is 0 Å². The van der Waals surface area contributed by atoms with Crippen LogP contribution in [0.25, 0.3) is 11.0 Å². The van der Waals surface area contributed by atoms with Crippen LogP contribution in [0, 0.1) is 0 Å². The number of nitrogens with one attached hydrogen (secondary N) is 3. The molecule has 0 aliphatic rings. The summed E-state index contributed by atoms with van der Waals surface area (Å²) < 4.78 is 10.3. The minimum Gasteiger partial charge on any atom is -0.494 e. The maximum atomic E-state index is 11.5. The third-order valence-corrected chi connectivity index (χ3v) is 4.00. The number of anilines is 4. The van der Waals surface area contributed by atoms with Crippen molar-refractivity contribution in [2.45, 2.75) is 0 Å². The number of aldehydes is 1. The lowest BCUT2D eigenvalue weighted by Crippen LogP contribution is -2.15. The zero-order valence-corrected chi connectivity index (χ0v) is 15.7. The van der Waals surface area contributed by atoms with Gasteiger partial charge in [-0.1, -0.05) is 0 Å². The summed E-state index contributed by atoms with van der Waals surface area (Å²) in [6, 6.07) is 6.72. The number of carbonyl (C=O) groups is 1. The van der Waals surface area contributed by atoms with Crippen molar-refractivity contribution < 1.29 is 14.1 Å².